The predicted molar refractivity (Wildman–Crippen MR) is 78.0 cm³/mol. The van der Waals surface area contributed by atoms with Crippen molar-refractivity contribution < 1.29 is 4.79 Å². The normalized spacial score (nSPS) is 11.7. The summed E-state index contributed by atoms with van der Waals surface area (Å²) < 4.78 is 1.19. The molecule has 1 aromatic carbocycles. The van der Waals surface area contributed by atoms with Crippen LogP contribution in [0, 0.1) is 0 Å². The number of hydrogen-bond acceptors (Lipinski definition) is 3. The number of carbonyl (C=O) groups excluding carboxylic acids is 1. The summed E-state index contributed by atoms with van der Waals surface area (Å²) in [5.74, 6) is 0.0251. The quantitative estimate of drug-likeness (QED) is 0.887. The Labute approximate surface area is 111 Å². The van der Waals surface area contributed by atoms with Crippen LogP contribution >= 0.6 is 11.3 Å². The average Bonchev–Trinajstić information content (AvgIpc) is 2.70. The average molecular weight is 262 g/mol. The standard InChI is InChI=1S/C14H18N2OS/c1-14(2,15)8-7-13(17)16-11-9-18-12-6-4-3-5-10(11)12/h3-6,9H,7-8,15H2,1-2H3,(H,16,17). The molecule has 0 saturated carbocycles. The first-order valence-electron chi connectivity index (χ1n) is 6.01. The minimum Gasteiger partial charge on any atom is -0.326 e. The third-order valence-electron chi connectivity index (χ3n) is 2.75. The highest BCUT2D eigenvalue weighted by atomic mass is 32.1. The molecule has 0 spiro atoms. The zero-order chi connectivity index (χ0) is 13.2. The Morgan fingerprint density at radius 2 is 2.11 bits per heavy atom. The zero-order valence-corrected chi connectivity index (χ0v) is 11.5. The molecule has 0 aliphatic carbocycles. The van der Waals surface area contributed by atoms with Crippen molar-refractivity contribution in [2.24, 2.45) is 5.73 Å². The van der Waals surface area contributed by atoms with Gasteiger partial charge in [0.1, 0.15) is 0 Å². The van der Waals surface area contributed by atoms with Crippen molar-refractivity contribution in [1.29, 1.82) is 0 Å². The van der Waals surface area contributed by atoms with Gasteiger partial charge in [-0.3, -0.25) is 4.79 Å². The lowest BCUT2D eigenvalue weighted by Crippen LogP contribution is -2.33. The molecular formula is C14H18N2OS. The van der Waals surface area contributed by atoms with Crippen molar-refractivity contribution >= 4 is 33.0 Å². The van der Waals surface area contributed by atoms with Crippen molar-refractivity contribution in [1.82, 2.24) is 0 Å². The second-order valence-corrected chi connectivity index (χ2v) is 6.09. The Bertz CT molecular complexity index is 554. The van der Waals surface area contributed by atoms with Gasteiger partial charge in [-0.15, -0.1) is 11.3 Å². The van der Waals surface area contributed by atoms with Crippen LogP contribution in [-0.4, -0.2) is 11.4 Å². The number of carbonyl (C=O) groups is 1. The molecule has 0 bridgehead atoms. The van der Waals surface area contributed by atoms with Gasteiger partial charge in [-0.25, -0.2) is 0 Å². The number of rotatable bonds is 4. The van der Waals surface area contributed by atoms with Gasteiger partial charge in [0, 0.05) is 27.4 Å². The lowest BCUT2D eigenvalue weighted by molar-refractivity contribution is -0.116. The van der Waals surface area contributed by atoms with E-state index < -0.39 is 0 Å². The van der Waals surface area contributed by atoms with Crippen LogP contribution in [0.3, 0.4) is 0 Å². The van der Waals surface area contributed by atoms with Gasteiger partial charge in [0.05, 0.1) is 5.69 Å². The third kappa shape index (κ3) is 3.31. The molecule has 4 heteroatoms. The van der Waals surface area contributed by atoms with Gasteiger partial charge in [0.15, 0.2) is 0 Å². The maximum Gasteiger partial charge on any atom is 0.224 e. The summed E-state index contributed by atoms with van der Waals surface area (Å²) in [4.78, 5) is 11.8. The maximum absolute atomic E-state index is 11.8. The number of fused-ring (bicyclic) bond motifs is 1. The number of anilines is 1. The first-order chi connectivity index (χ1) is 8.46. The largest absolute Gasteiger partial charge is 0.326 e. The van der Waals surface area contributed by atoms with Gasteiger partial charge >= 0.3 is 0 Å². The van der Waals surface area contributed by atoms with E-state index in [1.807, 2.05) is 37.4 Å². The van der Waals surface area contributed by atoms with E-state index in [9.17, 15) is 4.79 Å². The van der Waals surface area contributed by atoms with Crippen LogP contribution in [0.25, 0.3) is 10.1 Å². The number of nitrogens with one attached hydrogen (secondary N) is 1. The van der Waals surface area contributed by atoms with E-state index in [2.05, 4.69) is 11.4 Å². The van der Waals surface area contributed by atoms with Crippen LogP contribution in [0.2, 0.25) is 0 Å². The minimum absolute atomic E-state index is 0.0251. The molecule has 18 heavy (non-hydrogen) atoms. The third-order valence-corrected chi connectivity index (χ3v) is 3.71. The number of thiophene rings is 1. The molecule has 2 rings (SSSR count). The van der Waals surface area contributed by atoms with Gasteiger partial charge < -0.3 is 11.1 Å². The van der Waals surface area contributed by atoms with Gasteiger partial charge in [-0.05, 0) is 26.3 Å². The van der Waals surface area contributed by atoms with E-state index in [0.29, 0.717) is 12.8 Å². The lowest BCUT2D eigenvalue weighted by Gasteiger charge is -2.17. The van der Waals surface area contributed by atoms with Gasteiger partial charge in [0.25, 0.3) is 0 Å². The second-order valence-electron chi connectivity index (χ2n) is 5.18. The number of nitrogens with two attached hydrogens (primary N) is 1. The highest BCUT2D eigenvalue weighted by Crippen LogP contribution is 2.29. The molecule has 3 N–H and O–H groups in total. The lowest BCUT2D eigenvalue weighted by atomic mass is 10.00. The SMILES string of the molecule is CC(C)(N)CCC(=O)Nc1csc2ccccc12. The highest BCUT2D eigenvalue weighted by Gasteiger charge is 2.14. The van der Waals surface area contributed by atoms with Crippen molar-refractivity contribution in [3.63, 3.8) is 0 Å². The molecule has 0 unspecified atom stereocenters. The van der Waals surface area contributed by atoms with E-state index in [-0.39, 0.29) is 11.4 Å². The highest BCUT2D eigenvalue weighted by molar-refractivity contribution is 7.17. The molecule has 1 amide bonds. The van der Waals surface area contributed by atoms with Crippen LogP contribution in [0.15, 0.2) is 29.6 Å². The Morgan fingerprint density at radius 1 is 1.39 bits per heavy atom. The molecule has 0 saturated heterocycles. The molecule has 0 fully saturated rings. The topological polar surface area (TPSA) is 55.1 Å². The monoisotopic (exact) mass is 262 g/mol. The Hall–Kier alpha value is -1.39. The Kier molecular flexibility index (Phi) is 3.68. The van der Waals surface area contributed by atoms with Crippen LogP contribution in [0.4, 0.5) is 5.69 Å². The van der Waals surface area contributed by atoms with Crippen LogP contribution < -0.4 is 11.1 Å². The molecule has 0 aliphatic rings. The summed E-state index contributed by atoms with van der Waals surface area (Å²) in [5.41, 5.74) is 6.47. The van der Waals surface area contributed by atoms with E-state index in [1.165, 1.54) is 4.70 Å². The van der Waals surface area contributed by atoms with Crippen LogP contribution in [0.5, 0.6) is 0 Å². The maximum atomic E-state index is 11.8. The molecule has 0 aliphatic heterocycles. The summed E-state index contributed by atoms with van der Waals surface area (Å²) in [7, 11) is 0. The fraction of sp³-hybridized carbons (Fsp3) is 0.357. The van der Waals surface area contributed by atoms with Crippen LogP contribution in [0.1, 0.15) is 26.7 Å². The molecule has 0 radical (unpaired) electrons. The van der Waals surface area contributed by atoms with E-state index in [1.54, 1.807) is 11.3 Å². The van der Waals surface area contributed by atoms with Crippen molar-refractivity contribution in [2.75, 3.05) is 5.32 Å². The van der Waals surface area contributed by atoms with Crippen molar-refractivity contribution in [3.05, 3.63) is 29.6 Å². The summed E-state index contributed by atoms with van der Waals surface area (Å²) in [6, 6.07) is 8.06. The fourth-order valence-electron chi connectivity index (χ4n) is 1.72. The molecule has 2 aromatic rings. The first kappa shape index (κ1) is 13.1. The zero-order valence-electron chi connectivity index (χ0n) is 10.7. The van der Waals surface area contributed by atoms with E-state index in [0.717, 1.165) is 11.1 Å². The Morgan fingerprint density at radius 3 is 2.83 bits per heavy atom. The fourth-order valence-corrected chi connectivity index (χ4v) is 2.62. The van der Waals surface area contributed by atoms with Gasteiger partial charge in [0.2, 0.25) is 5.91 Å². The summed E-state index contributed by atoms with van der Waals surface area (Å²) >= 11 is 1.64. The number of hydrogen-bond donors (Lipinski definition) is 2. The molecule has 3 nitrogen and oxygen atoms in total. The first-order valence-corrected chi connectivity index (χ1v) is 6.89. The summed E-state index contributed by atoms with van der Waals surface area (Å²) in [6.45, 7) is 3.86. The summed E-state index contributed by atoms with van der Waals surface area (Å²) in [5, 5.41) is 6.04. The number of benzene rings is 1. The van der Waals surface area contributed by atoms with Crippen molar-refractivity contribution in [3.8, 4) is 0 Å². The van der Waals surface area contributed by atoms with Crippen molar-refractivity contribution in [2.45, 2.75) is 32.2 Å². The molecule has 96 valence electrons. The molecule has 0 atom stereocenters. The van der Waals surface area contributed by atoms with Gasteiger partial charge in [-0.2, -0.15) is 0 Å². The second kappa shape index (κ2) is 5.08. The Balaban J connectivity index is 2.03. The van der Waals surface area contributed by atoms with E-state index in [4.69, 9.17) is 5.73 Å². The smallest absolute Gasteiger partial charge is 0.224 e. The van der Waals surface area contributed by atoms with Gasteiger partial charge in [-0.1, -0.05) is 18.2 Å². The minimum atomic E-state index is -0.298. The number of amides is 1. The molecule has 1 heterocycles. The summed E-state index contributed by atoms with van der Waals surface area (Å²) in [6.07, 6.45) is 1.13. The molecule has 1 aromatic heterocycles. The predicted octanol–water partition coefficient (Wildman–Crippen LogP) is 3.36. The van der Waals surface area contributed by atoms with E-state index >= 15 is 0 Å². The van der Waals surface area contributed by atoms with Crippen LogP contribution in [-0.2, 0) is 4.79 Å². The molecular weight excluding hydrogens is 244 g/mol.